The number of aryl methyl sites for hydroxylation is 1. The zero-order valence-corrected chi connectivity index (χ0v) is 14.2. The number of benzene rings is 1. The van der Waals surface area contributed by atoms with Crippen molar-refractivity contribution in [3.8, 4) is 5.75 Å². The summed E-state index contributed by atoms with van der Waals surface area (Å²) in [6.07, 6.45) is -4.74. The van der Waals surface area contributed by atoms with E-state index in [4.69, 9.17) is 9.15 Å². The molecule has 0 bridgehead atoms. The molecule has 0 radical (unpaired) electrons. The van der Waals surface area contributed by atoms with Crippen molar-refractivity contribution in [1.29, 1.82) is 0 Å². The van der Waals surface area contributed by atoms with Crippen LogP contribution in [0, 0.1) is 6.92 Å². The number of nitrogens with one attached hydrogen (secondary N) is 1. The lowest BCUT2D eigenvalue weighted by Crippen LogP contribution is -2.18. The first-order valence-electron chi connectivity index (χ1n) is 6.97. The molecule has 7 nitrogen and oxygen atoms in total. The van der Waals surface area contributed by atoms with Gasteiger partial charge >= 0.3 is 12.2 Å². The average Bonchev–Trinajstić information content (AvgIpc) is 2.96. The number of hydrogen-bond acceptors (Lipinski definition) is 6. The van der Waals surface area contributed by atoms with Gasteiger partial charge in [0.1, 0.15) is 5.75 Å². The van der Waals surface area contributed by atoms with Crippen molar-refractivity contribution in [2.45, 2.75) is 24.9 Å². The maximum Gasteiger partial charge on any atom is 0.417 e. The standard InChI is InChI=1S/C14H14F3N3O4S/c1-4-25(22)11-9(14(15,16)17)6-5-8(10(11)23-3)12(21)18-13-20-19-7(2)24-13/h5-6H,4H2,1-3H3,(H,18,20,21)/t25-/m1/s1. The molecule has 0 saturated carbocycles. The van der Waals surface area contributed by atoms with Gasteiger partial charge in [0.25, 0.3) is 5.91 Å². The van der Waals surface area contributed by atoms with Crippen molar-refractivity contribution >= 4 is 22.7 Å². The van der Waals surface area contributed by atoms with Gasteiger partial charge in [-0.05, 0) is 12.1 Å². The topological polar surface area (TPSA) is 94.3 Å². The molecular formula is C14H14F3N3O4S. The van der Waals surface area contributed by atoms with Crippen molar-refractivity contribution in [1.82, 2.24) is 10.2 Å². The lowest BCUT2D eigenvalue weighted by molar-refractivity contribution is -0.140. The number of rotatable bonds is 5. The molecule has 0 aliphatic heterocycles. The summed E-state index contributed by atoms with van der Waals surface area (Å²) in [5, 5.41) is 9.35. The SMILES string of the molecule is CC[S@@](=O)c1c(C(F)(F)F)ccc(C(=O)Nc2nnc(C)o2)c1OC. The Morgan fingerprint density at radius 3 is 2.52 bits per heavy atom. The lowest BCUT2D eigenvalue weighted by atomic mass is 10.1. The average molecular weight is 377 g/mol. The maximum atomic E-state index is 13.2. The molecule has 2 rings (SSSR count). The highest BCUT2D eigenvalue weighted by Gasteiger charge is 2.38. The number of amides is 1. The molecule has 1 aromatic heterocycles. The number of hydrogen-bond donors (Lipinski definition) is 1. The second-order valence-electron chi connectivity index (χ2n) is 4.74. The third kappa shape index (κ3) is 3.98. The number of anilines is 1. The minimum atomic E-state index is -4.74. The Bertz CT molecular complexity index is 820. The molecule has 0 fully saturated rings. The molecular weight excluding hydrogens is 363 g/mol. The van der Waals surface area contributed by atoms with Crippen LogP contribution in [0.1, 0.15) is 28.7 Å². The van der Waals surface area contributed by atoms with E-state index in [1.807, 2.05) is 0 Å². The Balaban J connectivity index is 2.55. The zero-order chi connectivity index (χ0) is 18.8. The predicted octanol–water partition coefficient (Wildman–Crippen LogP) is 2.79. The quantitative estimate of drug-likeness (QED) is 0.861. The number of methoxy groups -OCH3 is 1. The van der Waals surface area contributed by atoms with Crippen LogP contribution in [0.25, 0.3) is 0 Å². The van der Waals surface area contributed by atoms with Gasteiger partial charge in [0, 0.05) is 12.7 Å². The van der Waals surface area contributed by atoms with Crippen LogP contribution in [-0.2, 0) is 17.0 Å². The Hall–Kier alpha value is -2.43. The first-order chi connectivity index (χ1) is 11.7. The minimum Gasteiger partial charge on any atom is -0.495 e. The zero-order valence-electron chi connectivity index (χ0n) is 13.4. The molecule has 1 heterocycles. The number of alkyl halides is 3. The van der Waals surface area contributed by atoms with Crippen LogP contribution in [-0.4, -0.2) is 33.2 Å². The highest BCUT2D eigenvalue weighted by molar-refractivity contribution is 7.85. The van der Waals surface area contributed by atoms with E-state index < -0.39 is 39.1 Å². The fourth-order valence-electron chi connectivity index (χ4n) is 2.05. The molecule has 1 atom stereocenters. The summed E-state index contributed by atoms with van der Waals surface area (Å²) in [7, 11) is -0.909. The van der Waals surface area contributed by atoms with Crippen LogP contribution in [0.15, 0.2) is 21.4 Å². The largest absolute Gasteiger partial charge is 0.495 e. The molecule has 1 aromatic carbocycles. The van der Waals surface area contributed by atoms with Crippen molar-refractivity contribution in [2.75, 3.05) is 18.2 Å². The van der Waals surface area contributed by atoms with Gasteiger partial charge in [0.15, 0.2) is 0 Å². The first kappa shape index (κ1) is 18.9. The number of halogens is 3. The van der Waals surface area contributed by atoms with Gasteiger partial charge in [-0.25, -0.2) is 0 Å². The van der Waals surface area contributed by atoms with Crippen LogP contribution < -0.4 is 10.1 Å². The molecule has 0 saturated heterocycles. The van der Waals surface area contributed by atoms with E-state index in [2.05, 4.69) is 15.5 Å². The molecule has 1 amide bonds. The van der Waals surface area contributed by atoms with Crippen LogP contribution in [0.3, 0.4) is 0 Å². The van der Waals surface area contributed by atoms with E-state index in [0.29, 0.717) is 6.07 Å². The smallest absolute Gasteiger partial charge is 0.417 e. The highest BCUT2D eigenvalue weighted by atomic mass is 32.2. The minimum absolute atomic E-state index is 0.0760. The maximum absolute atomic E-state index is 13.2. The van der Waals surface area contributed by atoms with Gasteiger partial charge in [0.05, 0.1) is 33.9 Å². The monoisotopic (exact) mass is 377 g/mol. The van der Waals surface area contributed by atoms with E-state index in [1.165, 1.54) is 13.8 Å². The summed E-state index contributed by atoms with van der Waals surface area (Å²) in [6.45, 7) is 2.97. The number of carbonyl (C=O) groups excluding carboxylic acids is 1. The van der Waals surface area contributed by atoms with Gasteiger partial charge in [-0.3, -0.25) is 14.3 Å². The molecule has 2 aromatic rings. The number of carbonyl (C=O) groups is 1. The molecule has 0 spiro atoms. The Morgan fingerprint density at radius 2 is 2.04 bits per heavy atom. The van der Waals surface area contributed by atoms with Crippen LogP contribution >= 0.6 is 0 Å². The van der Waals surface area contributed by atoms with Gasteiger partial charge in [-0.2, -0.15) is 13.2 Å². The molecule has 25 heavy (non-hydrogen) atoms. The van der Waals surface area contributed by atoms with Gasteiger partial charge in [0.2, 0.25) is 5.89 Å². The van der Waals surface area contributed by atoms with Crippen molar-refractivity contribution in [3.63, 3.8) is 0 Å². The lowest BCUT2D eigenvalue weighted by Gasteiger charge is -2.17. The highest BCUT2D eigenvalue weighted by Crippen LogP contribution is 2.40. The summed E-state index contributed by atoms with van der Waals surface area (Å²) in [5.41, 5.74) is -1.35. The first-order valence-corrected chi connectivity index (χ1v) is 8.29. The van der Waals surface area contributed by atoms with Crippen molar-refractivity contribution < 1.29 is 31.3 Å². The van der Waals surface area contributed by atoms with E-state index in [-0.39, 0.29) is 23.2 Å². The van der Waals surface area contributed by atoms with Crippen LogP contribution in [0.2, 0.25) is 0 Å². The summed E-state index contributed by atoms with van der Waals surface area (Å²) >= 11 is 0. The summed E-state index contributed by atoms with van der Waals surface area (Å²) in [6, 6.07) is 1.42. The molecule has 136 valence electrons. The van der Waals surface area contributed by atoms with Crippen molar-refractivity contribution in [2.24, 2.45) is 0 Å². The van der Waals surface area contributed by atoms with Crippen LogP contribution in [0.5, 0.6) is 5.75 Å². The third-order valence-electron chi connectivity index (χ3n) is 3.10. The van der Waals surface area contributed by atoms with E-state index >= 15 is 0 Å². The second kappa shape index (κ2) is 7.21. The number of nitrogens with zero attached hydrogens (tertiary/aromatic N) is 2. The fraction of sp³-hybridized carbons (Fsp3) is 0.357. The predicted molar refractivity (Wildman–Crippen MR) is 81.9 cm³/mol. The van der Waals surface area contributed by atoms with E-state index in [9.17, 15) is 22.2 Å². The number of aromatic nitrogens is 2. The molecule has 11 heteroatoms. The van der Waals surface area contributed by atoms with Crippen molar-refractivity contribution in [3.05, 3.63) is 29.2 Å². The molecule has 0 unspecified atom stereocenters. The summed E-state index contributed by atoms with van der Waals surface area (Å²) in [5.74, 6) is -1.12. The summed E-state index contributed by atoms with van der Waals surface area (Å²) < 4.78 is 61.8. The number of ether oxygens (including phenoxy) is 1. The third-order valence-corrected chi connectivity index (χ3v) is 4.49. The van der Waals surface area contributed by atoms with Gasteiger partial charge in [-0.15, -0.1) is 5.10 Å². The Morgan fingerprint density at radius 1 is 1.36 bits per heavy atom. The molecule has 0 aliphatic carbocycles. The second-order valence-corrected chi connectivity index (χ2v) is 6.41. The fourth-order valence-corrected chi connectivity index (χ4v) is 3.17. The molecule has 1 N–H and O–H groups in total. The normalized spacial score (nSPS) is 12.7. The molecule has 0 aliphatic rings. The van der Waals surface area contributed by atoms with Crippen LogP contribution in [0.4, 0.5) is 19.2 Å². The van der Waals surface area contributed by atoms with Gasteiger partial charge < -0.3 is 9.15 Å². The Labute approximate surface area is 143 Å². The summed E-state index contributed by atoms with van der Waals surface area (Å²) in [4.78, 5) is 11.8. The Kier molecular flexibility index (Phi) is 5.45. The van der Waals surface area contributed by atoms with Gasteiger partial charge in [-0.1, -0.05) is 12.0 Å². The van der Waals surface area contributed by atoms with E-state index in [0.717, 1.165) is 13.2 Å². The van der Waals surface area contributed by atoms with E-state index in [1.54, 1.807) is 0 Å².